The molecule has 0 saturated heterocycles. The second-order valence-corrected chi connectivity index (χ2v) is 4.31. The van der Waals surface area contributed by atoms with Gasteiger partial charge < -0.3 is 14.4 Å². The minimum atomic E-state index is -1.21. The Balaban J connectivity index is 2.52. The molecule has 18 heavy (non-hydrogen) atoms. The minimum Gasteiger partial charge on any atom is -0.489 e. The number of pyridine rings is 1. The van der Waals surface area contributed by atoms with E-state index in [0.29, 0.717) is 23.3 Å². The Morgan fingerprint density at radius 1 is 1.61 bits per heavy atom. The summed E-state index contributed by atoms with van der Waals surface area (Å²) in [5.41, 5.74) is -0.0821. The zero-order valence-corrected chi connectivity index (χ0v) is 9.64. The van der Waals surface area contributed by atoms with Crippen LogP contribution in [0.25, 0.3) is 10.9 Å². The number of hydrogen-bond acceptors (Lipinski definition) is 3. The first kappa shape index (κ1) is 10.8. The van der Waals surface area contributed by atoms with Crippen molar-refractivity contribution in [3.8, 4) is 5.75 Å². The number of carbonyl (C=O) groups is 1. The average Bonchev–Trinajstić information content (AvgIpc) is 2.35. The van der Waals surface area contributed by atoms with Gasteiger partial charge in [-0.3, -0.25) is 4.79 Å². The fourth-order valence-corrected chi connectivity index (χ4v) is 2.21. The molecule has 5 heteroatoms. The quantitative estimate of drug-likeness (QED) is 0.824. The van der Waals surface area contributed by atoms with Crippen LogP contribution in [0.2, 0.25) is 0 Å². The Hall–Kier alpha value is -2.30. The van der Waals surface area contributed by atoms with Crippen molar-refractivity contribution in [2.75, 3.05) is 6.61 Å². The topological polar surface area (TPSA) is 68.5 Å². The van der Waals surface area contributed by atoms with E-state index in [1.807, 2.05) is 6.92 Å². The molecular formula is C13H10NO4. The van der Waals surface area contributed by atoms with Crippen molar-refractivity contribution >= 4 is 16.9 Å². The molecule has 2 aromatic rings. The molecule has 1 N–H and O–H groups in total. The molecule has 0 unspecified atom stereocenters. The van der Waals surface area contributed by atoms with Crippen LogP contribution in [0.1, 0.15) is 23.3 Å². The van der Waals surface area contributed by atoms with Crippen LogP contribution < -0.4 is 10.2 Å². The molecule has 1 aromatic heterocycles. The number of carboxylic acid groups (broad SMARTS) is 1. The molecule has 1 aromatic carbocycles. The maximum Gasteiger partial charge on any atom is 0.341 e. The van der Waals surface area contributed by atoms with Crippen LogP contribution in [0.5, 0.6) is 5.75 Å². The van der Waals surface area contributed by atoms with Gasteiger partial charge in [0.2, 0.25) is 5.43 Å². The Morgan fingerprint density at radius 3 is 3.11 bits per heavy atom. The summed E-state index contributed by atoms with van der Waals surface area (Å²) in [5, 5.41) is 9.42. The summed E-state index contributed by atoms with van der Waals surface area (Å²) in [7, 11) is 0. The van der Waals surface area contributed by atoms with Crippen molar-refractivity contribution in [3.05, 3.63) is 40.2 Å². The molecule has 2 heterocycles. The van der Waals surface area contributed by atoms with Gasteiger partial charge in [0.25, 0.3) is 0 Å². The molecule has 5 nitrogen and oxygen atoms in total. The fraction of sp³-hybridized carbons (Fsp3) is 0.231. The van der Waals surface area contributed by atoms with Gasteiger partial charge in [-0.05, 0) is 19.1 Å². The van der Waals surface area contributed by atoms with Crippen molar-refractivity contribution < 1.29 is 14.6 Å². The summed E-state index contributed by atoms with van der Waals surface area (Å²) in [6.45, 7) is 2.34. The molecule has 1 atom stereocenters. The number of carboxylic acids is 1. The standard InChI is InChI=1S/C13H10NO4/c1-7-6-18-10-4-2-3-8-11(10)14(7)5-9(12(8)15)13(16)17/h2-3,5,7H,6H2,1H3,(H,16,17)/t7-/m0/s1. The highest BCUT2D eigenvalue weighted by molar-refractivity contribution is 5.94. The Labute approximate surface area is 102 Å². The Kier molecular flexibility index (Phi) is 2.16. The molecule has 0 bridgehead atoms. The van der Waals surface area contributed by atoms with Gasteiger partial charge >= 0.3 is 5.97 Å². The van der Waals surface area contributed by atoms with Gasteiger partial charge in [-0.15, -0.1) is 0 Å². The molecule has 0 fully saturated rings. The van der Waals surface area contributed by atoms with Gasteiger partial charge in [-0.25, -0.2) is 4.79 Å². The van der Waals surface area contributed by atoms with Crippen LogP contribution in [0.4, 0.5) is 0 Å². The molecule has 0 spiro atoms. The highest BCUT2D eigenvalue weighted by Gasteiger charge is 2.23. The van der Waals surface area contributed by atoms with E-state index in [9.17, 15) is 9.59 Å². The normalized spacial score (nSPS) is 17.5. The first-order valence-electron chi connectivity index (χ1n) is 5.55. The van der Waals surface area contributed by atoms with Crippen LogP contribution in [0.15, 0.2) is 23.1 Å². The smallest absolute Gasteiger partial charge is 0.341 e. The van der Waals surface area contributed by atoms with E-state index in [0.717, 1.165) is 0 Å². The highest BCUT2D eigenvalue weighted by atomic mass is 16.5. The van der Waals surface area contributed by atoms with E-state index in [4.69, 9.17) is 9.84 Å². The number of hydrogen-bond donors (Lipinski definition) is 1. The summed E-state index contributed by atoms with van der Waals surface area (Å²) in [6.07, 6.45) is 1.39. The number of aromatic carboxylic acids is 1. The number of aromatic nitrogens is 1. The molecule has 0 amide bonds. The monoisotopic (exact) mass is 244 g/mol. The van der Waals surface area contributed by atoms with Gasteiger partial charge in [0.1, 0.15) is 12.2 Å². The van der Waals surface area contributed by atoms with Crippen molar-refractivity contribution in [2.45, 2.75) is 13.0 Å². The lowest BCUT2D eigenvalue weighted by molar-refractivity contribution is 0.0694. The maximum absolute atomic E-state index is 12.1. The van der Waals surface area contributed by atoms with E-state index < -0.39 is 11.4 Å². The zero-order chi connectivity index (χ0) is 12.9. The Bertz CT molecular complexity index is 717. The molecule has 0 aliphatic carbocycles. The molecule has 0 saturated carbocycles. The third-order valence-electron chi connectivity index (χ3n) is 3.12. The van der Waals surface area contributed by atoms with Crippen LogP contribution >= 0.6 is 0 Å². The number of nitrogens with zero attached hydrogens (tertiary/aromatic N) is 1. The summed E-state index contributed by atoms with van der Waals surface area (Å²) >= 11 is 0. The van der Waals surface area contributed by atoms with Crippen molar-refractivity contribution in [2.24, 2.45) is 0 Å². The van der Waals surface area contributed by atoms with E-state index in [-0.39, 0.29) is 11.6 Å². The average molecular weight is 244 g/mol. The first-order chi connectivity index (χ1) is 8.59. The SMILES string of the molecule is C[C@H]1COc2[c]ccc3c(=O)c(C(=O)O)cn1c23. The lowest BCUT2D eigenvalue weighted by atomic mass is 10.1. The zero-order valence-electron chi connectivity index (χ0n) is 9.64. The number of rotatable bonds is 1. The molecule has 1 aliphatic heterocycles. The predicted molar refractivity (Wildman–Crippen MR) is 64.2 cm³/mol. The molecule has 1 radical (unpaired) electrons. The minimum absolute atomic E-state index is 0.0190. The van der Waals surface area contributed by atoms with Crippen molar-refractivity contribution in [1.29, 1.82) is 0 Å². The van der Waals surface area contributed by atoms with Gasteiger partial charge in [-0.1, -0.05) is 0 Å². The summed E-state index contributed by atoms with van der Waals surface area (Å²) in [5.74, 6) is -0.710. The summed E-state index contributed by atoms with van der Waals surface area (Å²) < 4.78 is 7.27. The third-order valence-corrected chi connectivity index (χ3v) is 3.12. The maximum atomic E-state index is 12.1. The predicted octanol–water partition coefficient (Wildman–Crippen LogP) is 1.45. The largest absolute Gasteiger partial charge is 0.489 e. The van der Waals surface area contributed by atoms with Crippen molar-refractivity contribution in [3.63, 3.8) is 0 Å². The highest BCUT2D eigenvalue weighted by Crippen LogP contribution is 2.30. The van der Waals surface area contributed by atoms with E-state index in [1.165, 1.54) is 6.20 Å². The van der Waals surface area contributed by atoms with Crippen LogP contribution in [-0.4, -0.2) is 22.2 Å². The molecule has 3 rings (SSSR count). The molecule has 1 aliphatic rings. The number of benzene rings is 1. The third kappa shape index (κ3) is 1.33. The summed E-state index contributed by atoms with van der Waals surface area (Å²) in [4.78, 5) is 23.1. The van der Waals surface area contributed by atoms with Crippen molar-refractivity contribution in [1.82, 2.24) is 4.57 Å². The second-order valence-electron chi connectivity index (χ2n) is 4.31. The second kappa shape index (κ2) is 3.60. The van der Waals surface area contributed by atoms with Crippen LogP contribution in [0, 0.1) is 6.07 Å². The number of ether oxygens (including phenoxy) is 1. The first-order valence-corrected chi connectivity index (χ1v) is 5.55. The van der Waals surface area contributed by atoms with Crippen LogP contribution in [-0.2, 0) is 0 Å². The van der Waals surface area contributed by atoms with E-state index in [1.54, 1.807) is 16.7 Å². The van der Waals surface area contributed by atoms with Gasteiger partial charge in [0.05, 0.1) is 16.9 Å². The lowest BCUT2D eigenvalue weighted by Crippen LogP contribution is -2.26. The van der Waals surface area contributed by atoms with Gasteiger partial charge in [0.15, 0.2) is 5.75 Å². The van der Waals surface area contributed by atoms with E-state index >= 15 is 0 Å². The lowest BCUT2D eigenvalue weighted by Gasteiger charge is -2.26. The van der Waals surface area contributed by atoms with Crippen LogP contribution in [0.3, 0.4) is 0 Å². The Morgan fingerprint density at radius 2 is 2.39 bits per heavy atom. The van der Waals surface area contributed by atoms with E-state index in [2.05, 4.69) is 6.07 Å². The summed E-state index contributed by atoms with van der Waals surface area (Å²) in [6, 6.07) is 6.05. The van der Waals surface area contributed by atoms with Gasteiger partial charge in [-0.2, -0.15) is 0 Å². The molecule has 91 valence electrons. The molecular weight excluding hydrogens is 234 g/mol. The van der Waals surface area contributed by atoms with Gasteiger partial charge in [0, 0.05) is 12.3 Å². The fourth-order valence-electron chi connectivity index (χ4n) is 2.21.